The second kappa shape index (κ2) is 7.02. The van der Waals surface area contributed by atoms with Crippen LogP contribution in [0.5, 0.6) is 0 Å². The van der Waals surface area contributed by atoms with Crippen LogP contribution in [0.4, 0.5) is 0 Å². The van der Waals surface area contributed by atoms with Gasteiger partial charge in [-0.25, -0.2) is 0 Å². The molecule has 2 atom stereocenters. The van der Waals surface area contributed by atoms with Crippen LogP contribution in [-0.4, -0.2) is 35.7 Å². The maximum absolute atomic E-state index is 10.7. The Bertz CT molecular complexity index is 457. The van der Waals surface area contributed by atoms with Crippen LogP contribution in [0.15, 0.2) is 30.3 Å². The van der Waals surface area contributed by atoms with E-state index in [2.05, 4.69) is 0 Å². The summed E-state index contributed by atoms with van der Waals surface area (Å²) in [5, 5.41) is 8.79. The zero-order valence-electron chi connectivity index (χ0n) is 12.5. The van der Waals surface area contributed by atoms with Gasteiger partial charge in [0.2, 0.25) is 0 Å². The van der Waals surface area contributed by atoms with Gasteiger partial charge in [-0.2, -0.15) is 0 Å². The molecule has 1 fully saturated rings. The van der Waals surface area contributed by atoms with E-state index in [1.807, 2.05) is 44.2 Å². The van der Waals surface area contributed by atoms with Gasteiger partial charge in [0.15, 0.2) is 5.79 Å². The second-order valence-corrected chi connectivity index (χ2v) is 5.65. The average molecular weight is 294 g/mol. The first-order valence-electron chi connectivity index (χ1n) is 7.15. The van der Waals surface area contributed by atoms with E-state index in [1.165, 1.54) is 0 Å². The van der Waals surface area contributed by atoms with Crippen LogP contribution >= 0.6 is 0 Å². The Hall–Kier alpha value is -1.43. The molecule has 1 aromatic rings. The highest BCUT2D eigenvalue weighted by atomic mass is 16.8. The molecular formula is C16H22O5. The van der Waals surface area contributed by atoms with Gasteiger partial charge in [0.05, 0.1) is 19.3 Å². The van der Waals surface area contributed by atoms with E-state index in [0.29, 0.717) is 19.6 Å². The van der Waals surface area contributed by atoms with Crippen molar-refractivity contribution in [3.05, 3.63) is 35.9 Å². The SMILES string of the molecule is CC1(C)O[C@H](CCC(=O)O)[C@@H](COCc2ccccc2)O1. The van der Waals surface area contributed by atoms with Crippen LogP contribution in [0.2, 0.25) is 0 Å². The predicted octanol–water partition coefficient (Wildman–Crippen LogP) is 2.59. The number of carbonyl (C=O) groups is 1. The topological polar surface area (TPSA) is 65.0 Å². The molecule has 1 N–H and O–H groups in total. The van der Waals surface area contributed by atoms with Gasteiger partial charge in [-0.05, 0) is 25.8 Å². The number of aliphatic carboxylic acids is 1. The molecule has 1 heterocycles. The van der Waals surface area contributed by atoms with Crippen molar-refractivity contribution in [2.75, 3.05) is 6.61 Å². The lowest BCUT2D eigenvalue weighted by atomic mass is 10.1. The van der Waals surface area contributed by atoms with Crippen molar-refractivity contribution in [3.63, 3.8) is 0 Å². The summed E-state index contributed by atoms with van der Waals surface area (Å²) in [5.41, 5.74) is 1.10. The van der Waals surface area contributed by atoms with Crippen molar-refractivity contribution in [2.24, 2.45) is 0 Å². The Morgan fingerprint density at radius 1 is 1.24 bits per heavy atom. The average Bonchev–Trinajstić information content (AvgIpc) is 2.72. The van der Waals surface area contributed by atoms with Crippen LogP contribution in [0, 0.1) is 0 Å². The Labute approximate surface area is 124 Å². The summed E-state index contributed by atoms with van der Waals surface area (Å²) >= 11 is 0. The van der Waals surface area contributed by atoms with Gasteiger partial charge in [0.25, 0.3) is 0 Å². The maximum atomic E-state index is 10.7. The molecule has 0 amide bonds. The van der Waals surface area contributed by atoms with Crippen molar-refractivity contribution in [2.45, 2.75) is 51.3 Å². The molecule has 2 rings (SSSR count). The molecule has 0 saturated carbocycles. The standard InChI is InChI=1S/C16H22O5/c1-16(2)20-13(8-9-15(17)18)14(21-16)11-19-10-12-6-4-3-5-7-12/h3-7,13-14H,8-11H2,1-2H3,(H,17,18)/t13-,14-/m1/s1. The number of rotatable bonds is 7. The zero-order chi connectivity index (χ0) is 15.3. The fourth-order valence-corrected chi connectivity index (χ4v) is 2.43. The van der Waals surface area contributed by atoms with E-state index in [1.54, 1.807) is 0 Å². The molecule has 1 saturated heterocycles. The first-order valence-corrected chi connectivity index (χ1v) is 7.15. The van der Waals surface area contributed by atoms with Crippen molar-refractivity contribution in [1.82, 2.24) is 0 Å². The Morgan fingerprint density at radius 2 is 1.90 bits per heavy atom. The number of hydrogen-bond acceptors (Lipinski definition) is 4. The summed E-state index contributed by atoms with van der Waals surface area (Å²) in [4.78, 5) is 10.7. The normalized spacial score (nSPS) is 24.1. The Morgan fingerprint density at radius 3 is 2.57 bits per heavy atom. The van der Waals surface area contributed by atoms with Crippen molar-refractivity contribution < 1.29 is 24.1 Å². The van der Waals surface area contributed by atoms with Crippen molar-refractivity contribution >= 4 is 5.97 Å². The Balaban J connectivity index is 1.82. The van der Waals surface area contributed by atoms with Crippen molar-refractivity contribution in [1.29, 1.82) is 0 Å². The molecule has 1 aromatic carbocycles. The molecule has 1 aliphatic heterocycles. The third-order valence-corrected chi connectivity index (χ3v) is 3.32. The fourth-order valence-electron chi connectivity index (χ4n) is 2.43. The molecule has 0 aliphatic carbocycles. The molecular weight excluding hydrogens is 272 g/mol. The predicted molar refractivity (Wildman–Crippen MR) is 76.8 cm³/mol. The lowest BCUT2D eigenvalue weighted by molar-refractivity contribution is -0.153. The number of carboxylic acids is 1. The van der Waals surface area contributed by atoms with E-state index in [0.717, 1.165) is 5.56 Å². The van der Waals surface area contributed by atoms with Crippen LogP contribution in [-0.2, 0) is 25.6 Å². The molecule has 5 nitrogen and oxygen atoms in total. The van der Waals surface area contributed by atoms with E-state index in [9.17, 15) is 4.79 Å². The van der Waals surface area contributed by atoms with E-state index < -0.39 is 11.8 Å². The molecule has 0 radical (unpaired) electrons. The van der Waals surface area contributed by atoms with E-state index in [4.69, 9.17) is 19.3 Å². The third kappa shape index (κ3) is 5.12. The lowest BCUT2D eigenvalue weighted by Gasteiger charge is -2.16. The Kier molecular flexibility index (Phi) is 5.33. The second-order valence-electron chi connectivity index (χ2n) is 5.65. The van der Waals surface area contributed by atoms with Gasteiger partial charge >= 0.3 is 5.97 Å². The quantitative estimate of drug-likeness (QED) is 0.837. The molecule has 21 heavy (non-hydrogen) atoms. The summed E-state index contributed by atoms with van der Waals surface area (Å²) in [6.45, 7) is 4.56. The number of carboxylic acid groups (broad SMARTS) is 1. The van der Waals surface area contributed by atoms with Gasteiger partial charge in [-0.3, -0.25) is 4.79 Å². The fraction of sp³-hybridized carbons (Fsp3) is 0.562. The first kappa shape index (κ1) is 15.9. The highest BCUT2D eigenvalue weighted by Crippen LogP contribution is 2.30. The van der Waals surface area contributed by atoms with Gasteiger partial charge in [-0.1, -0.05) is 30.3 Å². The molecule has 0 aromatic heterocycles. The molecule has 116 valence electrons. The highest BCUT2D eigenvalue weighted by molar-refractivity contribution is 5.66. The number of ether oxygens (including phenoxy) is 3. The summed E-state index contributed by atoms with van der Waals surface area (Å²) in [5.74, 6) is -1.52. The highest BCUT2D eigenvalue weighted by Gasteiger charge is 2.41. The third-order valence-electron chi connectivity index (χ3n) is 3.32. The van der Waals surface area contributed by atoms with Crippen LogP contribution < -0.4 is 0 Å². The van der Waals surface area contributed by atoms with Gasteiger partial charge in [0.1, 0.15) is 6.10 Å². The van der Waals surface area contributed by atoms with Crippen molar-refractivity contribution in [3.8, 4) is 0 Å². The molecule has 5 heteroatoms. The largest absolute Gasteiger partial charge is 0.481 e. The monoisotopic (exact) mass is 294 g/mol. The first-order chi connectivity index (χ1) is 9.96. The zero-order valence-corrected chi connectivity index (χ0v) is 12.5. The van der Waals surface area contributed by atoms with E-state index >= 15 is 0 Å². The summed E-state index contributed by atoms with van der Waals surface area (Å²) in [7, 11) is 0. The minimum atomic E-state index is -0.827. The summed E-state index contributed by atoms with van der Waals surface area (Å²) in [6, 6.07) is 9.89. The van der Waals surface area contributed by atoms with Gasteiger partial charge in [0, 0.05) is 6.42 Å². The van der Waals surface area contributed by atoms with Gasteiger partial charge in [-0.15, -0.1) is 0 Å². The molecule has 0 bridgehead atoms. The van der Waals surface area contributed by atoms with Crippen LogP contribution in [0.1, 0.15) is 32.3 Å². The lowest BCUT2D eigenvalue weighted by Crippen LogP contribution is -2.28. The summed E-state index contributed by atoms with van der Waals surface area (Å²) < 4.78 is 17.2. The minimum Gasteiger partial charge on any atom is -0.481 e. The van der Waals surface area contributed by atoms with Crippen LogP contribution in [0.25, 0.3) is 0 Å². The number of benzene rings is 1. The smallest absolute Gasteiger partial charge is 0.303 e. The van der Waals surface area contributed by atoms with E-state index in [-0.39, 0.29) is 18.6 Å². The number of hydrogen-bond donors (Lipinski definition) is 1. The minimum absolute atomic E-state index is 0.0687. The summed E-state index contributed by atoms with van der Waals surface area (Å²) in [6.07, 6.45) is 0.0205. The molecule has 1 aliphatic rings. The van der Waals surface area contributed by atoms with Gasteiger partial charge < -0.3 is 19.3 Å². The molecule has 0 unspecified atom stereocenters. The maximum Gasteiger partial charge on any atom is 0.303 e. The molecule has 0 spiro atoms. The van der Waals surface area contributed by atoms with Crippen LogP contribution in [0.3, 0.4) is 0 Å².